The molecule has 0 aliphatic carbocycles. The minimum absolute atomic E-state index is 0. The van der Waals surface area contributed by atoms with E-state index in [4.69, 9.17) is 10.2 Å². The third kappa shape index (κ3) is 31.8. The molecule has 2 nitrogen and oxygen atoms in total. The van der Waals surface area contributed by atoms with Crippen molar-refractivity contribution in [2.75, 3.05) is 14.2 Å². The molecule has 0 saturated heterocycles. The van der Waals surface area contributed by atoms with E-state index in [1.807, 2.05) is 30.3 Å². The molecule has 1 rings (SSSR count). The van der Waals surface area contributed by atoms with Crippen LogP contribution in [0, 0.1) is 7.43 Å². The molecule has 0 aromatic heterocycles. The Kier molecular flexibility index (Phi) is 105. The molecule has 0 saturated carbocycles. The summed E-state index contributed by atoms with van der Waals surface area (Å²) in [6.45, 7) is 0. The molecule has 12 heavy (non-hydrogen) atoms. The van der Waals surface area contributed by atoms with Crippen LogP contribution in [0.5, 0.6) is 0 Å². The Labute approximate surface area is 96.3 Å². The van der Waals surface area contributed by atoms with Gasteiger partial charge < -0.3 is 17.6 Å². The molecule has 0 fully saturated rings. The van der Waals surface area contributed by atoms with Crippen LogP contribution in [0.15, 0.2) is 30.3 Å². The molecular weight excluding hydrogens is 211 g/mol. The SMILES string of the molecule is CO.CO.Cl.[CH3-].[Ti+2].c1cc[cH-]c1. The van der Waals surface area contributed by atoms with E-state index in [2.05, 4.69) is 0 Å². The van der Waals surface area contributed by atoms with Gasteiger partial charge in [-0.2, -0.15) is 18.2 Å². The van der Waals surface area contributed by atoms with Crippen molar-refractivity contribution in [1.29, 1.82) is 0 Å². The van der Waals surface area contributed by atoms with Crippen LogP contribution in [0.2, 0.25) is 0 Å². The molecule has 0 aliphatic rings. The van der Waals surface area contributed by atoms with Gasteiger partial charge in [-0.1, -0.05) is 0 Å². The van der Waals surface area contributed by atoms with Crippen LogP contribution in [-0.2, 0) is 21.7 Å². The number of hydrogen-bond donors (Lipinski definition) is 2. The zero-order chi connectivity index (χ0) is 7.54. The minimum Gasteiger partial charge on any atom is -0.400 e. The monoisotopic (exact) mass is 228 g/mol. The zero-order valence-electron chi connectivity index (χ0n) is 7.69. The van der Waals surface area contributed by atoms with Gasteiger partial charge in [-0.3, -0.25) is 0 Å². The molecule has 0 heterocycles. The van der Waals surface area contributed by atoms with Crippen molar-refractivity contribution < 1.29 is 31.9 Å². The molecule has 0 bridgehead atoms. The van der Waals surface area contributed by atoms with Gasteiger partial charge in [-0.05, 0) is 0 Å². The maximum atomic E-state index is 7.00. The second-order valence-electron chi connectivity index (χ2n) is 0.962. The fourth-order valence-corrected chi connectivity index (χ4v) is 0.321. The second kappa shape index (κ2) is 42.8. The first-order chi connectivity index (χ1) is 4.50. The zero-order valence-corrected chi connectivity index (χ0v) is 10.1. The van der Waals surface area contributed by atoms with Gasteiger partial charge in [-0.15, -0.1) is 12.4 Å². The van der Waals surface area contributed by atoms with Crippen LogP contribution in [0.4, 0.5) is 0 Å². The number of hydrogen-bond acceptors (Lipinski definition) is 2. The van der Waals surface area contributed by atoms with Gasteiger partial charge in [0.05, 0.1) is 0 Å². The second-order valence-corrected chi connectivity index (χ2v) is 0.962. The number of halogens is 1. The molecule has 0 aliphatic heterocycles. The molecule has 0 amide bonds. The molecule has 0 spiro atoms. The smallest absolute Gasteiger partial charge is 0.400 e. The third-order valence-corrected chi connectivity index (χ3v) is 0.556. The van der Waals surface area contributed by atoms with Crippen LogP contribution >= 0.6 is 12.4 Å². The molecule has 0 radical (unpaired) electrons. The number of aliphatic hydroxyl groups excluding tert-OH is 2. The summed E-state index contributed by atoms with van der Waals surface area (Å²) in [6.07, 6.45) is 0. The average molecular weight is 229 g/mol. The predicted octanol–water partition coefficient (Wildman–Crippen LogP) is 1.49. The van der Waals surface area contributed by atoms with Crippen molar-refractivity contribution >= 4 is 12.4 Å². The van der Waals surface area contributed by atoms with Gasteiger partial charge in [0.15, 0.2) is 0 Å². The van der Waals surface area contributed by atoms with Gasteiger partial charge >= 0.3 is 21.7 Å². The fraction of sp³-hybridized carbons (Fsp3) is 0.250. The van der Waals surface area contributed by atoms with Gasteiger partial charge in [0.2, 0.25) is 0 Å². The van der Waals surface area contributed by atoms with E-state index < -0.39 is 0 Å². The van der Waals surface area contributed by atoms with E-state index in [-0.39, 0.29) is 41.6 Å². The molecule has 2 N–H and O–H groups in total. The van der Waals surface area contributed by atoms with Crippen molar-refractivity contribution in [3.8, 4) is 0 Å². The Morgan fingerprint density at radius 2 is 1.17 bits per heavy atom. The maximum absolute atomic E-state index is 7.00. The summed E-state index contributed by atoms with van der Waals surface area (Å²) in [5.74, 6) is 0. The molecule has 1 aromatic rings. The molecule has 0 unspecified atom stereocenters. The first-order valence-corrected chi connectivity index (χ1v) is 2.56. The topological polar surface area (TPSA) is 40.5 Å². The van der Waals surface area contributed by atoms with Gasteiger partial charge in [-0.25, -0.2) is 12.1 Å². The average Bonchev–Trinajstić information content (AvgIpc) is 2.51. The summed E-state index contributed by atoms with van der Waals surface area (Å²) in [5, 5.41) is 14.0. The minimum atomic E-state index is 0. The van der Waals surface area contributed by atoms with Crippen LogP contribution in [0.25, 0.3) is 0 Å². The predicted molar refractivity (Wildman–Crippen MR) is 52.0 cm³/mol. The van der Waals surface area contributed by atoms with Crippen LogP contribution < -0.4 is 0 Å². The molecule has 1 aromatic carbocycles. The van der Waals surface area contributed by atoms with Crippen LogP contribution in [-0.4, -0.2) is 24.4 Å². The Bertz CT molecular complexity index is 73.5. The van der Waals surface area contributed by atoms with Crippen molar-refractivity contribution in [3.63, 3.8) is 0 Å². The maximum Gasteiger partial charge on any atom is 2.00 e. The van der Waals surface area contributed by atoms with E-state index in [0.29, 0.717) is 0 Å². The largest absolute Gasteiger partial charge is 2.00 e. The van der Waals surface area contributed by atoms with Gasteiger partial charge in [0.1, 0.15) is 0 Å². The summed E-state index contributed by atoms with van der Waals surface area (Å²) in [6, 6.07) is 10.0. The summed E-state index contributed by atoms with van der Waals surface area (Å²) in [7, 11) is 2.00. The Balaban J connectivity index is -0.0000000213. The Morgan fingerprint density at radius 3 is 1.25 bits per heavy atom. The number of rotatable bonds is 0. The summed E-state index contributed by atoms with van der Waals surface area (Å²) < 4.78 is 0. The van der Waals surface area contributed by atoms with Gasteiger partial charge in [0, 0.05) is 14.2 Å². The molecule has 0 atom stereocenters. The fourth-order valence-electron chi connectivity index (χ4n) is 0.321. The van der Waals surface area contributed by atoms with E-state index in [1.165, 1.54) is 0 Å². The van der Waals surface area contributed by atoms with Crippen molar-refractivity contribution in [2.24, 2.45) is 0 Å². The molecule has 4 heteroatoms. The van der Waals surface area contributed by atoms with E-state index in [0.717, 1.165) is 14.2 Å². The van der Waals surface area contributed by atoms with E-state index in [9.17, 15) is 0 Å². The van der Waals surface area contributed by atoms with E-state index in [1.54, 1.807) is 0 Å². The van der Waals surface area contributed by atoms with Crippen molar-refractivity contribution in [1.82, 2.24) is 0 Å². The first-order valence-electron chi connectivity index (χ1n) is 2.56. The van der Waals surface area contributed by atoms with Gasteiger partial charge in [0.25, 0.3) is 0 Å². The van der Waals surface area contributed by atoms with Crippen molar-refractivity contribution in [3.05, 3.63) is 37.8 Å². The summed E-state index contributed by atoms with van der Waals surface area (Å²) >= 11 is 0. The standard InChI is InChI=1S/C5H5.2CH4O.CH3.ClH.Ti/c1-2-4-5-3-1;2*1-2;;;/h1-5H;2*2H,1H3;1H3;1H;/q-1;;;-1;;+2. The number of aliphatic hydroxyl groups is 2. The molecular formula is C8H17ClO2Ti. The third-order valence-electron chi connectivity index (χ3n) is 0.556. The summed E-state index contributed by atoms with van der Waals surface area (Å²) in [5.41, 5.74) is 0. The van der Waals surface area contributed by atoms with Crippen LogP contribution in [0.3, 0.4) is 0 Å². The quantitative estimate of drug-likeness (QED) is 0.522. The Morgan fingerprint density at radius 1 is 0.917 bits per heavy atom. The van der Waals surface area contributed by atoms with E-state index >= 15 is 0 Å². The van der Waals surface area contributed by atoms with Crippen LogP contribution in [0.1, 0.15) is 0 Å². The van der Waals surface area contributed by atoms with Crippen molar-refractivity contribution in [2.45, 2.75) is 0 Å². The normalized spacial score (nSPS) is 4.33. The summed E-state index contributed by atoms with van der Waals surface area (Å²) in [4.78, 5) is 0. The molecule has 72 valence electrons. The first kappa shape index (κ1) is 29.5. The Hall–Kier alpha value is 0.274.